The number of carbonyl (C=O) groups excluding carboxylic acids is 1. The molecule has 19 heavy (non-hydrogen) atoms. The first-order chi connectivity index (χ1) is 9.29. The highest BCUT2D eigenvalue weighted by Gasteiger charge is 2.40. The number of esters is 1. The maximum Gasteiger partial charge on any atom is 0.332 e. The number of nitrogens with zero attached hydrogens (tertiary/aromatic N) is 1. The monoisotopic (exact) mass is 259 g/mol. The molecule has 1 aromatic carbocycles. The van der Waals surface area contributed by atoms with Gasteiger partial charge in [0.1, 0.15) is 6.23 Å². The van der Waals surface area contributed by atoms with Gasteiger partial charge in [-0.3, -0.25) is 0 Å². The van der Waals surface area contributed by atoms with Crippen LogP contribution in [-0.2, 0) is 14.3 Å². The molecule has 0 N–H and O–H groups in total. The van der Waals surface area contributed by atoms with Crippen molar-refractivity contribution in [1.29, 1.82) is 0 Å². The number of fused-ring (bicyclic) bond motifs is 1. The predicted octanol–water partition coefficient (Wildman–Crippen LogP) is 2.24. The van der Waals surface area contributed by atoms with Crippen molar-refractivity contribution >= 4 is 5.97 Å². The minimum atomic E-state index is -0.297. The normalized spacial score (nSPS) is 27.6. The van der Waals surface area contributed by atoms with Crippen LogP contribution in [0.25, 0.3) is 0 Å². The van der Waals surface area contributed by atoms with Crippen molar-refractivity contribution in [1.82, 2.24) is 4.90 Å². The summed E-state index contributed by atoms with van der Waals surface area (Å²) in [5, 5.41) is 0. The van der Waals surface area contributed by atoms with Gasteiger partial charge in [-0.05, 0) is 18.4 Å². The molecule has 2 aliphatic heterocycles. The summed E-state index contributed by atoms with van der Waals surface area (Å²) in [5.41, 5.74) is 2.24. The van der Waals surface area contributed by atoms with Crippen LogP contribution in [0.4, 0.5) is 0 Å². The average molecular weight is 259 g/mol. The second-order valence-electron chi connectivity index (χ2n) is 4.82. The minimum absolute atomic E-state index is 0.0983. The van der Waals surface area contributed by atoms with Crippen LogP contribution in [0, 0.1) is 0 Å². The molecular weight excluding hydrogens is 242 g/mol. The van der Waals surface area contributed by atoms with Gasteiger partial charge in [0.15, 0.2) is 0 Å². The highest BCUT2D eigenvalue weighted by atomic mass is 16.5. The highest BCUT2D eigenvalue weighted by molar-refractivity contribution is 5.82. The second-order valence-corrected chi connectivity index (χ2v) is 4.82. The molecule has 0 saturated carbocycles. The number of rotatable bonds is 2. The van der Waals surface area contributed by atoms with Crippen LogP contribution >= 0.6 is 0 Å². The summed E-state index contributed by atoms with van der Waals surface area (Å²) in [6.45, 7) is 0.674. The molecule has 100 valence electrons. The van der Waals surface area contributed by atoms with E-state index in [-0.39, 0.29) is 18.2 Å². The van der Waals surface area contributed by atoms with E-state index in [0.717, 1.165) is 18.5 Å². The molecule has 0 amide bonds. The Balaban J connectivity index is 1.88. The summed E-state index contributed by atoms with van der Waals surface area (Å²) < 4.78 is 10.5. The fourth-order valence-corrected chi connectivity index (χ4v) is 2.85. The standard InChI is InChI=1S/C15H17NO3/c1-18-15(17)9-12-7-8-14-16(12)13(10-19-14)11-5-3-2-4-6-11/h2-6,9,13-14H,7-8,10H2,1H3/b12-9-/t13-,14-/m1/s1. The molecule has 2 saturated heterocycles. The number of hydrogen-bond acceptors (Lipinski definition) is 4. The molecule has 2 fully saturated rings. The first-order valence-electron chi connectivity index (χ1n) is 6.53. The van der Waals surface area contributed by atoms with Crippen LogP contribution < -0.4 is 0 Å². The van der Waals surface area contributed by atoms with Crippen LogP contribution in [0.1, 0.15) is 24.4 Å². The molecule has 4 heteroatoms. The summed E-state index contributed by atoms with van der Waals surface area (Å²) in [5.74, 6) is -0.297. The minimum Gasteiger partial charge on any atom is -0.466 e. The van der Waals surface area contributed by atoms with Crippen LogP contribution in [-0.4, -0.2) is 30.8 Å². The summed E-state index contributed by atoms with van der Waals surface area (Å²) >= 11 is 0. The predicted molar refractivity (Wildman–Crippen MR) is 70.1 cm³/mol. The first kappa shape index (κ1) is 12.2. The zero-order chi connectivity index (χ0) is 13.2. The smallest absolute Gasteiger partial charge is 0.332 e. The highest BCUT2D eigenvalue weighted by Crippen LogP contribution is 2.41. The Kier molecular flexibility index (Phi) is 3.25. The van der Waals surface area contributed by atoms with E-state index in [1.54, 1.807) is 6.08 Å². The Hall–Kier alpha value is -1.81. The van der Waals surface area contributed by atoms with Gasteiger partial charge >= 0.3 is 5.97 Å². The van der Waals surface area contributed by atoms with Gasteiger partial charge in [-0.15, -0.1) is 0 Å². The molecular formula is C15H17NO3. The van der Waals surface area contributed by atoms with Gasteiger partial charge in [0, 0.05) is 11.8 Å². The lowest BCUT2D eigenvalue weighted by Crippen LogP contribution is -2.25. The number of methoxy groups -OCH3 is 1. The molecule has 0 bridgehead atoms. The van der Waals surface area contributed by atoms with Gasteiger partial charge in [0.05, 0.1) is 19.8 Å². The summed E-state index contributed by atoms with van der Waals surface area (Å²) in [4.78, 5) is 13.6. The Morgan fingerprint density at radius 2 is 2.21 bits per heavy atom. The molecule has 0 aromatic heterocycles. The second kappa shape index (κ2) is 5.05. The lowest BCUT2D eigenvalue weighted by Gasteiger charge is -2.25. The van der Waals surface area contributed by atoms with Crippen molar-refractivity contribution < 1.29 is 14.3 Å². The molecule has 1 aromatic rings. The Morgan fingerprint density at radius 1 is 1.42 bits per heavy atom. The lowest BCUT2D eigenvalue weighted by atomic mass is 10.1. The first-order valence-corrected chi connectivity index (χ1v) is 6.53. The Morgan fingerprint density at radius 3 is 2.95 bits per heavy atom. The number of carbonyl (C=O) groups is 1. The van der Waals surface area contributed by atoms with E-state index < -0.39 is 0 Å². The maximum atomic E-state index is 11.4. The third kappa shape index (κ3) is 2.24. The van der Waals surface area contributed by atoms with Crippen LogP contribution in [0.15, 0.2) is 42.1 Å². The lowest BCUT2D eigenvalue weighted by molar-refractivity contribution is -0.135. The summed E-state index contributed by atoms with van der Waals surface area (Å²) in [6.07, 6.45) is 3.49. The average Bonchev–Trinajstić information content (AvgIpc) is 3.03. The molecule has 2 aliphatic rings. The molecule has 2 atom stereocenters. The van der Waals surface area contributed by atoms with Crippen molar-refractivity contribution in [2.75, 3.05) is 13.7 Å². The number of allylic oxidation sites excluding steroid dienone is 1. The van der Waals surface area contributed by atoms with Crippen molar-refractivity contribution in [3.05, 3.63) is 47.7 Å². The van der Waals surface area contributed by atoms with Crippen molar-refractivity contribution in [3.63, 3.8) is 0 Å². The molecule has 0 unspecified atom stereocenters. The molecule has 0 radical (unpaired) electrons. The van der Waals surface area contributed by atoms with Gasteiger partial charge in [0.2, 0.25) is 0 Å². The zero-order valence-electron chi connectivity index (χ0n) is 10.9. The van der Waals surface area contributed by atoms with E-state index in [2.05, 4.69) is 17.0 Å². The van der Waals surface area contributed by atoms with Gasteiger partial charge in [-0.25, -0.2) is 4.79 Å². The Bertz CT molecular complexity index is 497. The molecule has 0 aliphatic carbocycles. The van der Waals surface area contributed by atoms with Gasteiger partial charge in [-0.1, -0.05) is 30.3 Å². The SMILES string of the molecule is COC(=O)/C=C1/CC[C@H]2OC[C@H](c3ccccc3)N12. The van der Waals surface area contributed by atoms with E-state index in [1.165, 1.54) is 12.7 Å². The van der Waals surface area contributed by atoms with Gasteiger partial charge in [0.25, 0.3) is 0 Å². The van der Waals surface area contributed by atoms with E-state index in [4.69, 9.17) is 9.47 Å². The number of benzene rings is 1. The van der Waals surface area contributed by atoms with Gasteiger partial charge in [-0.2, -0.15) is 0 Å². The van der Waals surface area contributed by atoms with E-state index in [0.29, 0.717) is 6.61 Å². The topological polar surface area (TPSA) is 38.8 Å². The third-order valence-electron chi connectivity index (χ3n) is 3.74. The number of ether oxygens (including phenoxy) is 2. The Labute approximate surface area is 112 Å². The van der Waals surface area contributed by atoms with Crippen molar-refractivity contribution in [2.45, 2.75) is 25.1 Å². The quantitative estimate of drug-likeness (QED) is 0.603. The van der Waals surface area contributed by atoms with Crippen molar-refractivity contribution in [2.24, 2.45) is 0 Å². The molecule has 0 spiro atoms. The van der Waals surface area contributed by atoms with Gasteiger partial charge < -0.3 is 14.4 Å². The van der Waals surface area contributed by atoms with Crippen LogP contribution in [0.3, 0.4) is 0 Å². The van der Waals surface area contributed by atoms with E-state index >= 15 is 0 Å². The zero-order valence-corrected chi connectivity index (χ0v) is 10.9. The fourth-order valence-electron chi connectivity index (χ4n) is 2.85. The van der Waals surface area contributed by atoms with Crippen LogP contribution in [0.2, 0.25) is 0 Å². The van der Waals surface area contributed by atoms with Crippen molar-refractivity contribution in [3.8, 4) is 0 Å². The molecule has 2 heterocycles. The molecule has 4 nitrogen and oxygen atoms in total. The summed E-state index contributed by atoms with van der Waals surface area (Å²) in [7, 11) is 1.40. The van der Waals surface area contributed by atoms with E-state index in [9.17, 15) is 4.79 Å². The maximum absolute atomic E-state index is 11.4. The van der Waals surface area contributed by atoms with Crippen LogP contribution in [0.5, 0.6) is 0 Å². The third-order valence-corrected chi connectivity index (χ3v) is 3.74. The molecule has 3 rings (SSSR count). The number of hydrogen-bond donors (Lipinski definition) is 0. The largest absolute Gasteiger partial charge is 0.466 e. The summed E-state index contributed by atoms with van der Waals surface area (Å²) in [6, 6.07) is 10.5. The fraction of sp³-hybridized carbons (Fsp3) is 0.400. The van der Waals surface area contributed by atoms with E-state index in [1.807, 2.05) is 18.2 Å².